The second kappa shape index (κ2) is 8.18. The summed E-state index contributed by atoms with van der Waals surface area (Å²) in [6.07, 6.45) is -0.198. The Morgan fingerprint density at radius 3 is 1.36 bits per heavy atom. The predicted octanol–water partition coefficient (Wildman–Crippen LogP) is 5.96. The van der Waals surface area contributed by atoms with Gasteiger partial charge >= 0.3 is 11.9 Å². The van der Waals surface area contributed by atoms with Gasteiger partial charge in [-0.15, -0.1) is 0 Å². The van der Waals surface area contributed by atoms with Crippen molar-refractivity contribution in [2.24, 2.45) is 0 Å². The molecule has 4 atom stereocenters. The van der Waals surface area contributed by atoms with Crippen LogP contribution in [0.25, 0.3) is 0 Å². The van der Waals surface area contributed by atoms with Crippen molar-refractivity contribution in [2.75, 3.05) is 0 Å². The fraction of sp³-hybridized carbons (Fsp3) is 0.310. The van der Waals surface area contributed by atoms with Crippen molar-refractivity contribution in [1.82, 2.24) is 0 Å². The number of fused-ring (bicyclic) bond motifs is 5. The summed E-state index contributed by atoms with van der Waals surface area (Å²) >= 11 is 0. The molecule has 0 spiro atoms. The minimum Gasteiger partial charge on any atom is -0.454 e. The number of aryl methyl sites for hydroxylation is 4. The standard InChI is InChI=1S/C29H28O4/c1-16-9-17(2)12-20(11-16)28(30)32-26-24-15-25(23-8-6-5-7-22(23)24)27(26)33-29(31)21-13-18(3)10-19(4)14-21/h5-14,24-27H,15H2,1-4H3/t24?,25?,26-,27+. The van der Waals surface area contributed by atoms with E-state index < -0.39 is 12.2 Å². The number of carbonyl (C=O) groups excluding carboxylic acids is 2. The second-order valence-electron chi connectivity index (χ2n) is 9.57. The van der Waals surface area contributed by atoms with E-state index in [0.717, 1.165) is 28.7 Å². The zero-order chi connectivity index (χ0) is 23.3. The molecule has 3 aromatic rings. The Balaban J connectivity index is 1.45. The molecule has 3 aromatic carbocycles. The van der Waals surface area contributed by atoms with Gasteiger partial charge in [-0.1, -0.05) is 58.7 Å². The van der Waals surface area contributed by atoms with Crippen LogP contribution in [0.2, 0.25) is 0 Å². The Labute approximate surface area is 194 Å². The number of benzene rings is 3. The van der Waals surface area contributed by atoms with Gasteiger partial charge in [0.15, 0.2) is 0 Å². The van der Waals surface area contributed by atoms with Gasteiger partial charge in [-0.3, -0.25) is 0 Å². The monoisotopic (exact) mass is 440 g/mol. The van der Waals surface area contributed by atoms with E-state index in [1.807, 2.05) is 76.2 Å². The molecule has 0 radical (unpaired) electrons. The summed E-state index contributed by atoms with van der Waals surface area (Å²) in [5.74, 6) is -0.690. The molecule has 0 N–H and O–H groups in total. The molecule has 0 amide bonds. The van der Waals surface area contributed by atoms with Crippen molar-refractivity contribution in [1.29, 1.82) is 0 Å². The van der Waals surface area contributed by atoms with Gasteiger partial charge in [-0.2, -0.15) is 0 Å². The molecule has 2 bridgehead atoms. The summed E-state index contributed by atoms with van der Waals surface area (Å²) in [6.45, 7) is 7.86. The molecule has 2 aliphatic carbocycles. The molecular formula is C29H28O4. The zero-order valence-corrected chi connectivity index (χ0v) is 19.4. The highest BCUT2D eigenvalue weighted by Crippen LogP contribution is 2.55. The van der Waals surface area contributed by atoms with Crippen LogP contribution in [0, 0.1) is 27.7 Å². The van der Waals surface area contributed by atoms with Crippen LogP contribution < -0.4 is 0 Å². The minimum atomic E-state index is -0.506. The summed E-state index contributed by atoms with van der Waals surface area (Å²) in [7, 11) is 0. The number of hydrogen-bond donors (Lipinski definition) is 0. The minimum absolute atomic E-state index is 0.0260. The molecule has 0 aliphatic heterocycles. The molecule has 33 heavy (non-hydrogen) atoms. The summed E-state index contributed by atoms with van der Waals surface area (Å²) in [6, 6.07) is 19.6. The molecule has 2 unspecified atom stereocenters. The van der Waals surface area contributed by atoms with Gasteiger partial charge < -0.3 is 9.47 Å². The summed E-state index contributed by atoms with van der Waals surface area (Å²) in [5.41, 5.74) is 7.50. The van der Waals surface area contributed by atoms with E-state index in [-0.39, 0.29) is 23.8 Å². The highest BCUT2D eigenvalue weighted by atomic mass is 16.6. The molecule has 2 aliphatic rings. The van der Waals surface area contributed by atoms with E-state index >= 15 is 0 Å². The molecule has 4 nitrogen and oxygen atoms in total. The first kappa shape index (κ1) is 21.4. The van der Waals surface area contributed by atoms with Gasteiger partial charge in [-0.05, 0) is 69.5 Å². The Bertz CT molecular complexity index is 1120. The predicted molar refractivity (Wildman–Crippen MR) is 127 cm³/mol. The third-order valence-corrected chi connectivity index (χ3v) is 6.82. The number of esters is 2. The lowest BCUT2D eigenvalue weighted by Crippen LogP contribution is -2.39. The molecule has 168 valence electrons. The summed E-state index contributed by atoms with van der Waals surface area (Å²) < 4.78 is 12.2. The highest BCUT2D eigenvalue weighted by molar-refractivity contribution is 5.91. The van der Waals surface area contributed by atoms with E-state index in [1.54, 1.807) is 0 Å². The SMILES string of the molecule is Cc1cc(C)cc(C(=O)O[C@@H]2C3CC(c4ccccc43)[C@@H]2OC(=O)c2cc(C)cc(C)c2)c1. The maximum absolute atomic E-state index is 13.1. The van der Waals surface area contributed by atoms with Crippen LogP contribution in [0.1, 0.15) is 72.4 Å². The topological polar surface area (TPSA) is 52.6 Å². The maximum atomic E-state index is 13.1. The van der Waals surface area contributed by atoms with E-state index in [1.165, 1.54) is 11.1 Å². The number of hydrogen-bond acceptors (Lipinski definition) is 4. The van der Waals surface area contributed by atoms with Crippen molar-refractivity contribution >= 4 is 11.9 Å². The third kappa shape index (κ3) is 3.95. The molecule has 5 rings (SSSR count). The quantitative estimate of drug-likeness (QED) is 0.470. The van der Waals surface area contributed by atoms with Crippen LogP contribution in [-0.2, 0) is 9.47 Å². The lowest BCUT2D eigenvalue weighted by atomic mass is 9.87. The van der Waals surface area contributed by atoms with Crippen molar-refractivity contribution in [3.05, 3.63) is 105 Å². The number of rotatable bonds is 4. The van der Waals surface area contributed by atoms with Crippen LogP contribution in [-0.4, -0.2) is 24.1 Å². The van der Waals surface area contributed by atoms with Gasteiger partial charge in [0.25, 0.3) is 0 Å². The fourth-order valence-electron chi connectivity index (χ4n) is 5.66. The Hall–Kier alpha value is -3.40. The van der Waals surface area contributed by atoms with E-state index in [2.05, 4.69) is 12.1 Å². The Kier molecular flexibility index (Phi) is 5.32. The van der Waals surface area contributed by atoms with Crippen LogP contribution in [0.5, 0.6) is 0 Å². The molecular weight excluding hydrogens is 412 g/mol. The fourth-order valence-corrected chi connectivity index (χ4v) is 5.66. The average molecular weight is 441 g/mol. The van der Waals surface area contributed by atoms with Crippen molar-refractivity contribution in [2.45, 2.75) is 58.2 Å². The third-order valence-electron chi connectivity index (χ3n) is 6.82. The molecule has 0 aromatic heterocycles. The molecule has 4 heteroatoms. The Morgan fingerprint density at radius 1 is 0.636 bits per heavy atom. The van der Waals surface area contributed by atoms with Crippen LogP contribution in [0.3, 0.4) is 0 Å². The van der Waals surface area contributed by atoms with Crippen molar-refractivity contribution in [3.8, 4) is 0 Å². The number of ether oxygens (including phenoxy) is 2. The largest absolute Gasteiger partial charge is 0.454 e. The van der Waals surface area contributed by atoms with E-state index in [9.17, 15) is 9.59 Å². The normalized spacial score (nSPS) is 22.7. The average Bonchev–Trinajstić information content (AvgIpc) is 3.29. The lowest BCUT2D eigenvalue weighted by Gasteiger charge is -2.32. The van der Waals surface area contributed by atoms with Crippen LogP contribution >= 0.6 is 0 Å². The van der Waals surface area contributed by atoms with Crippen LogP contribution in [0.4, 0.5) is 0 Å². The van der Waals surface area contributed by atoms with Gasteiger partial charge in [0.05, 0.1) is 11.1 Å². The van der Waals surface area contributed by atoms with Gasteiger partial charge in [0.1, 0.15) is 12.2 Å². The summed E-state index contributed by atoms with van der Waals surface area (Å²) in [4.78, 5) is 26.2. The van der Waals surface area contributed by atoms with Gasteiger partial charge in [0, 0.05) is 11.8 Å². The second-order valence-corrected chi connectivity index (χ2v) is 9.57. The van der Waals surface area contributed by atoms with Crippen LogP contribution in [0.15, 0.2) is 60.7 Å². The lowest BCUT2D eigenvalue weighted by molar-refractivity contribution is -0.0348. The first-order chi connectivity index (χ1) is 15.8. The maximum Gasteiger partial charge on any atom is 0.338 e. The summed E-state index contributed by atoms with van der Waals surface area (Å²) in [5, 5.41) is 0. The first-order valence-corrected chi connectivity index (χ1v) is 11.5. The first-order valence-electron chi connectivity index (χ1n) is 11.5. The highest BCUT2D eigenvalue weighted by Gasteiger charge is 2.55. The Morgan fingerprint density at radius 2 is 1.00 bits per heavy atom. The molecule has 0 saturated heterocycles. The molecule has 1 fully saturated rings. The molecule has 0 heterocycles. The van der Waals surface area contributed by atoms with Crippen molar-refractivity contribution in [3.63, 3.8) is 0 Å². The van der Waals surface area contributed by atoms with Crippen molar-refractivity contribution < 1.29 is 19.1 Å². The van der Waals surface area contributed by atoms with E-state index in [4.69, 9.17) is 9.47 Å². The van der Waals surface area contributed by atoms with Gasteiger partial charge in [0.2, 0.25) is 0 Å². The van der Waals surface area contributed by atoms with E-state index in [0.29, 0.717) is 11.1 Å². The van der Waals surface area contributed by atoms with Gasteiger partial charge in [-0.25, -0.2) is 9.59 Å². The molecule has 1 saturated carbocycles. The smallest absolute Gasteiger partial charge is 0.338 e. The zero-order valence-electron chi connectivity index (χ0n) is 19.4. The number of carbonyl (C=O) groups is 2.